The van der Waals surface area contributed by atoms with Gasteiger partial charge < -0.3 is 20.1 Å². The van der Waals surface area contributed by atoms with Gasteiger partial charge in [0.2, 0.25) is 0 Å². The molecule has 2 heterocycles. The molecule has 0 aliphatic carbocycles. The summed E-state index contributed by atoms with van der Waals surface area (Å²) in [6.45, 7) is 3.12. The third-order valence-electron chi connectivity index (χ3n) is 5.11. The molecule has 5 nitrogen and oxygen atoms in total. The molecular weight excluding hydrogens is 316 g/mol. The Balaban J connectivity index is 1.43. The van der Waals surface area contributed by atoms with Crippen LogP contribution in [0.3, 0.4) is 0 Å². The summed E-state index contributed by atoms with van der Waals surface area (Å²) in [6.07, 6.45) is 0. The Morgan fingerprint density at radius 3 is 2.68 bits per heavy atom. The van der Waals surface area contributed by atoms with Crippen LogP contribution in [0.1, 0.15) is 27.4 Å². The van der Waals surface area contributed by atoms with E-state index in [1.54, 1.807) is 7.11 Å². The summed E-state index contributed by atoms with van der Waals surface area (Å²) in [7, 11) is 1.68. The van der Waals surface area contributed by atoms with Crippen LogP contribution in [0.2, 0.25) is 0 Å². The molecule has 0 bridgehead atoms. The van der Waals surface area contributed by atoms with Crippen molar-refractivity contribution in [2.75, 3.05) is 26.8 Å². The third kappa shape index (κ3) is 3.20. The molecule has 2 N–H and O–H groups in total. The van der Waals surface area contributed by atoms with Crippen molar-refractivity contribution in [1.29, 1.82) is 0 Å². The van der Waals surface area contributed by atoms with E-state index in [0.29, 0.717) is 25.0 Å². The average molecular weight is 338 g/mol. The van der Waals surface area contributed by atoms with E-state index in [1.165, 1.54) is 5.56 Å². The normalized spacial score (nSPS) is 21.7. The zero-order valence-corrected chi connectivity index (χ0v) is 14.2. The van der Waals surface area contributed by atoms with Gasteiger partial charge in [-0.05, 0) is 35.4 Å². The zero-order chi connectivity index (χ0) is 17.2. The van der Waals surface area contributed by atoms with Crippen LogP contribution in [0.4, 0.5) is 0 Å². The summed E-state index contributed by atoms with van der Waals surface area (Å²) in [5.41, 5.74) is 3.07. The SMILES string of the molecule is COc1ccc([C@H]2CNC[C@H]2COc2ccc3c(c2)C(=O)NC3)cc1. The first-order chi connectivity index (χ1) is 12.2. The van der Waals surface area contributed by atoms with E-state index in [0.717, 1.165) is 35.7 Å². The van der Waals surface area contributed by atoms with Gasteiger partial charge in [-0.15, -0.1) is 0 Å². The minimum Gasteiger partial charge on any atom is -0.497 e. The van der Waals surface area contributed by atoms with Gasteiger partial charge in [-0.3, -0.25) is 4.79 Å². The smallest absolute Gasteiger partial charge is 0.252 e. The van der Waals surface area contributed by atoms with Crippen molar-refractivity contribution >= 4 is 5.91 Å². The highest BCUT2D eigenvalue weighted by atomic mass is 16.5. The number of ether oxygens (including phenoxy) is 2. The van der Waals surface area contributed by atoms with Crippen LogP contribution in [0.5, 0.6) is 11.5 Å². The molecule has 5 heteroatoms. The molecule has 1 amide bonds. The topological polar surface area (TPSA) is 59.6 Å². The lowest BCUT2D eigenvalue weighted by Gasteiger charge is -2.20. The number of rotatable bonds is 5. The quantitative estimate of drug-likeness (QED) is 0.878. The zero-order valence-electron chi connectivity index (χ0n) is 14.2. The van der Waals surface area contributed by atoms with Crippen molar-refractivity contribution in [3.63, 3.8) is 0 Å². The van der Waals surface area contributed by atoms with Crippen LogP contribution < -0.4 is 20.1 Å². The Bertz CT molecular complexity index is 773. The largest absolute Gasteiger partial charge is 0.497 e. The lowest BCUT2D eigenvalue weighted by atomic mass is 9.89. The second kappa shape index (κ2) is 6.76. The number of carbonyl (C=O) groups is 1. The lowest BCUT2D eigenvalue weighted by molar-refractivity contribution is 0.0965. The van der Waals surface area contributed by atoms with Crippen LogP contribution in [0.15, 0.2) is 42.5 Å². The third-order valence-corrected chi connectivity index (χ3v) is 5.11. The first kappa shape index (κ1) is 16.0. The molecule has 1 saturated heterocycles. The van der Waals surface area contributed by atoms with Crippen molar-refractivity contribution in [3.8, 4) is 11.5 Å². The first-order valence-electron chi connectivity index (χ1n) is 8.63. The Hall–Kier alpha value is -2.53. The summed E-state index contributed by atoms with van der Waals surface area (Å²) >= 11 is 0. The molecule has 25 heavy (non-hydrogen) atoms. The van der Waals surface area contributed by atoms with Crippen LogP contribution in [0, 0.1) is 5.92 Å². The van der Waals surface area contributed by atoms with Gasteiger partial charge in [0.25, 0.3) is 5.91 Å². The summed E-state index contributed by atoms with van der Waals surface area (Å²) in [4.78, 5) is 11.8. The number of hydrogen-bond acceptors (Lipinski definition) is 4. The van der Waals surface area contributed by atoms with E-state index in [-0.39, 0.29) is 5.91 Å². The van der Waals surface area contributed by atoms with E-state index in [1.807, 2.05) is 30.3 Å². The predicted molar refractivity (Wildman–Crippen MR) is 95.2 cm³/mol. The highest BCUT2D eigenvalue weighted by Gasteiger charge is 2.29. The Morgan fingerprint density at radius 2 is 1.88 bits per heavy atom. The van der Waals surface area contributed by atoms with Gasteiger partial charge in [0.05, 0.1) is 13.7 Å². The van der Waals surface area contributed by atoms with Gasteiger partial charge in [0.1, 0.15) is 11.5 Å². The summed E-state index contributed by atoms with van der Waals surface area (Å²) < 4.78 is 11.3. The molecule has 2 aliphatic rings. The van der Waals surface area contributed by atoms with E-state index < -0.39 is 0 Å². The second-order valence-electron chi connectivity index (χ2n) is 6.61. The van der Waals surface area contributed by atoms with Gasteiger partial charge in [-0.2, -0.15) is 0 Å². The number of benzene rings is 2. The standard InChI is InChI=1S/C20H22N2O3/c1-24-16-5-2-13(3-6-16)19-11-21-9-15(19)12-25-17-7-4-14-10-22-20(23)18(14)8-17/h2-8,15,19,21H,9-12H2,1H3,(H,22,23)/t15-,19+/m0/s1. The van der Waals surface area contributed by atoms with Gasteiger partial charge in [-0.25, -0.2) is 0 Å². The van der Waals surface area contributed by atoms with Crippen molar-refractivity contribution in [3.05, 3.63) is 59.2 Å². The Morgan fingerprint density at radius 1 is 1.08 bits per heavy atom. The minimum atomic E-state index is -0.0147. The molecule has 2 aliphatic heterocycles. The molecule has 0 spiro atoms. The number of carbonyl (C=O) groups excluding carboxylic acids is 1. The van der Waals surface area contributed by atoms with E-state index in [2.05, 4.69) is 22.8 Å². The maximum atomic E-state index is 11.8. The number of hydrogen-bond donors (Lipinski definition) is 2. The fraction of sp³-hybridized carbons (Fsp3) is 0.350. The van der Waals surface area contributed by atoms with E-state index in [4.69, 9.17) is 9.47 Å². The number of methoxy groups -OCH3 is 1. The minimum absolute atomic E-state index is 0.0147. The molecule has 1 fully saturated rings. The van der Waals surface area contributed by atoms with Crippen LogP contribution in [-0.4, -0.2) is 32.7 Å². The molecule has 130 valence electrons. The fourth-order valence-corrected chi connectivity index (χ4v) is 3.63. The highest BCUT2D eigenvalue weighted by Crippen LogP contribution is 2.30. The van der Waals surface area contributed by atoms with Gasteiger partial charge >= 0.3 is 0 Å². The van der Waals surface area contributed by atoms with Crippen LogP contribution >= 0.6 is 0 Å². The Kier molecular flexibility index (Phi) is 4.32. The molecule has 0 saturated carbocycles. The maximum Gasteiger partial charge on any atom is 0.252 e. The number of nitrogens with one attached hydrogen (secondary N) is 2. The molecule has 0 unspecified atom stereocenters. The monoisotopic (exact) mass is 338 g/mol. The lowest BCUT2D eigenvalue weighted by Crippen LogP contribution is -2.19. The molecule has 0 radical (unpaired) electrons. The first-order valence-corrected chi connectivity index (χ1v) is 8.63. The maximum absolute atomic E-state index is 11.8. The molecule has 4 rings (SSSR count). The van der Waals surface area contributed by atoms with Crippen molar-refractivity contribution in [2.24, 2.45) is 5.92 Å². The van der Waals surface area contributed by atoms with Gasteiger partial charge in [0, 0.05) is 37.0 Å². The molecule has 0 aromatic heterocycles. The second-order valence-corrected chi connectivity index (χ2v) is 6.61. The fourth-order valence-electron chi connectivity index (χ4n) is 3.63. The predicted octanol–water partition coefficient (Wildman–Crippen LogP) is 2.32. The highest BCUT2D eigenvalue weighted by molar-refractivity contribution is 5.98. The molecular formula is C20H22N2O3. The average Bonchev–Trinajstić information content (AvgIpc) is 3.27. The van der Waals surface area contributed by atoms with Crippen molar-refractivity contribution in [1.82, 2.24) is 10.6 Å². The van der Waals surface area contributed by atoms with Crippen molar-refractivity contribution in [2.45, 2.75) is 12.5 Å². The van der Waals surface area contributed by atoms with Crippen LogP contribution in [0.25, 0.3) is 0 Å². The van der Waals surface area contributed by atoms with E-state index in [9.17, 15) is 4.79 Å². The van der Waals surface area contributed by atoms with Crippen LogP contribution in [-0.2, 0) is 6.54 Å². The van der Waals surface area contributed by atoms with E-state index >= 15 is 0 Å². The molecule has 2 aromatic rings. The molecule has 2 atom stereocenters. The summed E-state index contributed by atoms with van der Waals surface area (Å²) in [6, 6.07) is 14.0. The Labute approximate surface area is 147 Å². The van der Waals surface area contributed by atoms with Gasteiger partial charge in [0.15, 0.2) is 0 Å². The van der Waals surface area contributed by atoms with Gasteiger partial charge in [-0.1, -0.05) is 18.2 Å². The summed E-state index contributed by atoms with van der Waals surface area (Å²) in [5.74, 6) is 2.44. The summed E-state index contributed by atoms with van der Waals surface area (Å²) in [5, 5.41) is 6.29. The molecule has 2 aromatic carbocycles. The number of amides is 1. The number of fused-ring (bicyclic) bond motifs is 1. The van der Waals surface area contributed by atoms with Crippen molar-refractivity contribution < 1.29 is 14.3 Å².